The van der Waals surface area contributed by atoms with Crippen LogP contribution in [0, 0.1) is 0 Å². The third kappa shape index (κ3) is 3.12. The van der Waals surface area contributed by atoms with E-state index in [4.69, 9.17) is 0 Å². The summed E-state index contributed by atoms with van der Waals surface area (Å²) in [6.07, 6.45) is 1.75. The summed E-state index contributed by atoms with van der Waals surface area (Å²) in [5.74, 6) is -0.103. The van der Waals surface area contributed by atoms with Crippen molar-refractivity contribution in [3.63, 3.8) is 0 Å². The van der Waals surface area contributed by atoms with Gasteiger partial charge in [-0.05, 0) is 19.3 Å². The maximum Gasteiger partial charge on any atom is 0.217 e. The summed E-state index contributed by atoms with van der Waals surface area (Å²) in [7, 11) is -6.51. The lowest BCUT2D eigenvalue weighted by atomic mass is 9.92. The second-order valence-electron chi connectivity index (χ2n) is 5.64. The number of nitrogens with zero attached hydrogens (tertiary/aromatic N) is 1. The Labute approximate surface area is 114 Å². The van der Waals surface area contributed by atoms with Crippen LogP contribution in [0.4, 0.5) is 0 Å². The maximum atomic E-state index is 12.3. The summed E-state index contributed by atoms with van der Waals surface area (Å²) < 4.78 is 48.5. The molecule has 8 heteroatoms. The molecule has 2 aliphatic heterocycles. The summed E-state index contributed by atoms with van der Waals surface area (Å²) in [5, 5.41) is 9.41. The van der Waals surface area contributed by atoms with E-state index < -0.39 is 30.7 Å². The molecule has 0 unspecified atom stereocenters. The Kier molecular flexibility index (Phi) is 3.99. The molecule has 0 aliphatic carbocycles. The van der Waals surface area contributed by atoms with E-state index in [0.717, 1.165) is 6.42 Å². The Balaban J connectivity index is 1.98. The molecule has 2 rings (SSSR count). The third-order valence-electron chi connectivity index (χ3n) is 3.94. The highest BCUT2D eigenvalue weighted by Crippen LogP contribution is 2.32. The minimum absolute atomic E-state index is 0.0516. The van der Waals surface area contributed by atoms with Crippen molar-refractivity contribution in [2.45, 2.75) is 43.5 Å². The summed E-state index contributed by atoms with van der Waals surface area (Å²) in [6, 6.07) is 0. The molecule has 0 bridgehead atoms. The van der Waals surface area contributed by atoms with E-state index in [1.54, 1.807) is 0 Å². The predicted octanol–water partition coefficient (Wildman–Crippen LogP) is -0.260. The first-order valence-corrected chi connectivity index (χ1v) is 9.93. The molecule has 2 aliphatic rings. The number of hydrogen-bond donors (Lipinski definition) is 1. The van der Waals surface area contributed by atoms with Crippen molar-refractivity contribution in [2.24, 2.45) is 0 Å². The Morgan fingerprint density at radius 1 is 1.26 bits per heavy atom. The van der Waals surface area contributed by atoms with Crippen LogP contribution in [-0.4, -0.2) is 61.7 Å². The van der Waals surface area contributed by atoms with Crippen LogP contribution in [-0.2, 0) is 19.9 Å². The number of sulfonamides is 1. The molecule has 112 valence electrons. The minimum Gasteiger partial charge on any atom is -0.387 e. The zero-order valence-electron chi connectivity index (χ0n) is 11.1. The summed E-state index contributed by atoms with van der Waals surface area (Å²) >= 11 is 0. The second kappa shape index (κ2) is 4.98. The van der Waals surface area contributed by atoms with Crippen LogP contribution in [0.15, 0.2) is 0 Å². The van der Waals surface area contributed by atoms with Crippen molar-refractivity contribution in [3.8, 4) is 0 Å². The van der Waals surface area contributed by atoms with Crippen LogP contribution in [0.3, 0.4) is 0 Å². The molecular formula is C11H21NO5S2. The number of sulfone groups is 1. The van der Waals surface area contributed by atoms with Crippen molar-refractivity contribution < 1.29 is 21.9 Å². The van der Waals surface area contributed by atoms with Crippen LogP contribution in [0.2, 0.25) is 0 Å². The van der Waals surface area contributed by atoms with Gasteiger partial charge in [0.25, 0.3) is 0 Å². The van der Waals surface area contributed by atoms with Gasteiger partial charge in [0, 0.05) is 13.1 Å². The molecule has 2 saturated heterocycles. The Hall–Kier alpha value is -0.180. The van der Waals surface area contributed by atoms with Crippen LogP contribution in [0.5, 0.6) is 0 Å². The quantitative estimate of drug-likeness (QED) is 0.772. The molecule has 1 N–H and O–H groups in total. The average molecular weight is 311 g/mol. The fourth-order valence-electron chi connectivity index (χ4n) is 2.79. The fraction of sp³-hybridized carbons (Fsp3) is 1.00. The lowest BCUT2D eigenvalue weighted by Crippen LogP contribution is -2.64. The predicted molar refractivity (Wildman–Crippen MR) is 72.0 cm³/mol. The molecule has 0 spiro atoms. The summed E-state index contributed by atoms with van der Waals surface area (Å²) in [5.41, 5.74) is -0.886. The van der Waals surface area contributed by atoms with Gasteiger partial charge in [-0.15, -0.1) is 0 Å². The molecule has 6 nitrogen and oxygen atoms in total. The molecule has 19 heavy (non-hydrogen) atoms. The van der Waals surface area contributed by atoms with Gasteiger partial charge in [0.05, 0.1) is 22.4 Å². The van der Waals surface area contributed by atoms with Crippen LogP contribution < -0.4 is 0 Å². The molecule has 2 fully saturated rings. The molecule has 0 aromatic heterocycles. The van der Waals surface area contributed by atoms with Crippen LogP contribution in [0.25, 0.3) is 0 Å². The highest BCUT2D eigenvalue weighted by atomic mass is 32.2. The topological polar surface area (TPSA) is 91.8 Å². The van der Waals surface area contributed by atoms with Crippen molar-refractivity contribution in [1.29, 1.82) is 0 Å². The maximum absolute atomic E-state index is 12.3. The zero-order valence-corrected chi connectivity index (χ0v) is 12.7. The third-order valence-corrected chi connectivity index (χ3v) is 7.95. The minimum atomic E-state index is -3.46. The zero-order chi connectivity index (χ0) is 14.3. The smallest absolute Gasteiger partial charge is 0.217 e. The van der Waals surface area contributed by atoms with E-state index in [2.05, 4.69) is 0 Å². The first-order valence-electron chi connectivity index (χ1n) is 6.60. The monoisotopic (exact) mass is 311 g/mol. The Morgan fingerprint density at radius 3 is 2.26 bits per heavy atom. The Morgan fingerprint density at radius 2 is 1.79 bits per heavy atom. The van der Waals surface area contributed by atoms with Gasteiger partial charge in [-0.1, -0.05) is 13.3 Å². The van der Waals surface area contributed by atoms with Gasteiger partial charge in [0.1, 0.15) is 9.84 Å². The lowest BCUT2D eigenvalue weighted by Gasteiger charge is -2.47. The van der Waals surface area contributed by atoms with Crippen molar-refractivity contribution in [1.82, 2.24) is 4.31 Å². The van der Waals surface area contributed by atoms with E-state index in [-0.39, 0.29) is 37.4 Å². The summed E-state index contributed by atoms with van der Waals surface area (Å²) in [4.78, 5) is 0. The molecule has 2 heterocycles. The van der Waals surface area contributed by atoms with E-state index in [0.29, 0.717) is 6.42 Å². The van der Waals surface area contributed by atoms with E-state index in [1.165, 1.54) is 4.31 Å². The molecule has 0 radical (unpaired) electrons. The molecule has 0 aromatic carbocycles. The van der Waals surface area contributed by atoms with Gasteiger partial charge >= 0.3 is 0 Å². The fourth-order valence-corrected chi connectivity index (χ4v) is 6.67. The standard InChI is InChI=1S/C11H21NO5S2/c1-2-5-11(13)8-12(9-11)19(16,17)10-3-6-18(14,15)7-4-10/h10,13H,2-9H2,1H3. The van der Waals surface area contributed by atoms with Crippen LogP contribution >= 0.6 is 0 Å². The van der Waals surface area contributed by atoms with Gasteiger partial charge in [-0.25, -0.2) is 16.8 Å². The lowest BCUT2D eigenvalue weighted by molar-refractivity contribution is -0.0657. The van der Waals surface area contributed by atoms with E-state index in [1.807, 2.05) is 6.92 Å². The van der Waals surface area contributed by atoms with Gasteiger partial charge < -0.3 is 5.11 Å². The second-order valence-corrected chi connectivity index (χ2v) is 10.2. The van der Waals surface area contributed by atoms with Gasteiger partial charge in [-0.3, -0.25) is 0 Å². The average Bonchev–Trinajstić information content (AvgIpc) is 2.25. The van der Waals surface area contributed by atoms with Crippen LogP contribution in [0.1, 0.15) is 32.6 Å². The molecule has 0 atom stereocenters. The molecule has 0 aromatic rings. The Bertz CT molecular complexity index is 519. The number of rotatable bonds is 4. The largest absolute Gasteiger partial charge is 0.387 e. The van der Waals surface area contributed by atoms with E-state index >= 15 is 0 Å². The number of aliphatic hydroxyl groups is 1. The van der Waals surface area contributed by atoms with Crippen molar-refractivity contribution in [2.75, 3.05) is 24.6 Å². The highest BCUT2D eigenvalue weighted by Gasteiger charge is 2.48. The first-order chi connectivity index (χ1) is 8.69. The molecular weight excluding hydrogens is 290 g/mol. The van der Waals surface area contributed by atoms with Gasteiger partial charge in [0.2, 0.25) is 10.0 Å². The number of β-amino-alcohol motifs (C(OH)–C–C–N with tert-alkyl or cyclic N) is 1. The van der Waals surface area contributed by atoms with Crippen molar-refractivity contribution >= 4 is 19.9 Å². The van der Waals surface area contributed by atoms with Gasteiger partial charge in [0.15, 0.2) is 0 Å². The van der Waals surface area contributed by atoms with Crippen molar-refractivity contribution in [3.05, 3.63) is 0 Å². The summed E-state index contributed by atoms with van der Waals surface area (Å²) in [6.45, 7) is 2.24. The first kappa shape index (κ1) is 15.2. The van der Waals surface area contributed by atoms with Gasteiger partial charge in [-0.2, -0.15) is 4.31 Å². The van der Waals surface area contributed by atoms with E-state index in [9.17, 15) is 21.9 Å². The number of hydrogen-bond acceptors (Lipinski definition) is 5. The molecule has 0 amide bonds. The SMILES string of the molecule is CCCC1(O)CN(S(=O)(=O)C2CCS(=O)(=O)CC2)C1. The highest BCUT2D eigenvalue weighted by molar-refractivity contribution is 7.92. The normalized spacial score (nSPS) is 27.9. The molecule has 0 saturated carbocycles.